The molecule has 206 valence electrons. The highest BCUT2D eigenvalue weighted by atomic mass is 16.1. The molecular formula is C32H52N4O. The molecule has 0 radical (unpaired) electrons. The number of ketones is 1. The number of rotatable bonds is 7. The average Bonchev–Trinajstić information content (AvgIpc) is 3.24. The highest BCUT2D eigenvalue weighted by Crippen LogP contribution is 2.28. The Morgan fingerprint density at radius 3 is 1.89 bits per heavy atom. The van der Waals surface area contributed by atoms with Crippen LogP contribution in [0.1, 0.15) is 102 Å². The number of aromatic nitrogens is 1. The number of nitrogens with zero attached hydrogens (tertiary/aromatic N) is 2. The molecule has 0 amide bonds. The molecule has 0 spiro atoms. The van der Waals surface area contributed by atoms with E-state index in [9.17, 15) is 4.79 Å². The summed E-state index contributed by atoms with van der Waals surface area (Å²) in [6.45, 7) is 31.3. The largest absolute Gasteiger partial charge is 0.399 e. The molecule has 1 aromatic carbocycles. The average molecular weight is 509 g/mol. The maximum Gasteiger partial charge on any atom is 0.159 e. The number of allylic oxidation sites excluding steroid dienone is 4. The van der Waals surface area contributed by atoms with Gasteiger partial charge in [0.2, 0.25) is 0 Å². The molecule has 0 saturated carbocycles. The lowest BCUT2D eigenvalue weighted by atomic mass is 10.1. The van der Waals surface area contributed by atoms with E-state index in [1.807, 2.05) is 125 Å². The van der Waals surface area contributed by atoms with Crippen LogP contribution in [0.4, 0.5) is 5.69 Å². The number of nitrogens with two attached hydrogens (primary N) is 1. The first kappa shape index (κ1) is 37.9. The Kier molecular flexibility index (Phi) is 23.4. The first-order valence-electron chi connectivity index (χ1n) is 13.1. The second-order valence-corrected chi connectivity index (χ2v) is 7.00. The molecule has 0 saturated heterocycles. The highest BCUT2D eigenvalue weighted by Gasteiger charge is 2.16. The molecule has 5 heteroatoms. The van der Waals surface area contributed by atoms with Crippen LogP contribution in [-0.4, -0.2) is 16.7 Å². The van der Waals surface area contributed by atoms with Gasteiger partial charge in [-0.25, -0.2) is 4.68 Å². The second-order valence-electron chi connectivity index (χ2n) is 7.00. The summed E-state index contributed by atoms with van der Waals surface area (Å²) in [7, 11) is 0. The van der Waals surface area contributed by atoms with Crippen LogP contribution < -0.4 is 11.1 Å². The van der Waals surface area contributed by atoms with E-state index < -0.39 is 0 Å². The van der Waals surface area contributed by atoms with Crippen molar-refractivity contribution >= 4 is 29.1 Å². The van der Waals surface area contributed by atoms with Crippen LogP contribution in [0.2, 0.25) is 0 Å². The minimum atomic E-state index is 0.0190. The predicted octanol–water partition coefficient (Wildman–Crippen LogP) is 9.39. The fourth-order valence-corrected chi connectivity index (χ4v) is 2.91. The zero-order chi connectivity index (χ0) is 29.6. The van der Waals surface area contributed by atoms with E-state index >= 15 is 0 Å². The van der Waals surface area contributed by atoms with Crippen LogP contribution in [0, 0.1) is 13.8 Å². The normalized spacial score (nSPS) is 9.73. The minimum absolute atomic E-state index is 0.0190. The van der Waals surface area contributed by atoms with Crippen LogP contribution in [0.3, 0.4) is 0 Å². The minimum Gasteiger partial charge on any atom is -0.399 e. The van der Waals surface area contributed by atoms with Crippen LogP contribution in [0.15, 0.2) is 67.0 Å². The summed E-state index contributed by atoms with van der Waals surface area (Å²) in [6, 6.07) is 5.56. The van der Waals surface area contributed by atoms with E-state index in [0.717, 1.165) is 28.1 Å². The van der Waals surface area contributed by atoms with Gasteiger partial charge < -0.3 is 11.1 Å². The van der Waals surface area contributed by atoms with E-state index in [0.29, 0.717) is 17.0 Å². The van der Waals surface area contributed by atoms with Gasteiger partial charge in [0.05, 0.1) is 11.4 Å². The van der Waals surface area contributed by atoms with Gasteiger partial charge in [-0.1, -0.05) is 91.1 Å². The number of hydrogen-bond donors (Lipinski definition) is 2. The topological polar surface area (TPSA) is 72.4 Å². The van der Waals surface area contributed by atoms with Crippen LogP contribution in [-0.2, 0) is 0 Å². The smallest absolute Gasteiger partial charge is 0.159 e. The Morgan fingerprint density at radius 2 is 1.49 bits per heavy atom. The number of carbonyl (C=O) groups excluding carboxylic acids is 1. The van der Waals surface area contributed by atoms with Crippen molar-refractivity contribution in [3.63, 3.8) is 0 Å². The lowest BCUT2D eigenvalue weighted by Crippen LogP contribution is -2.06. The van der Waals surface area contributed by atoms with Crippen LogP contribution >= 0.6 is 0 Å². The fraction of sp³-hybridized carbons (Fsp3) is 0.375. The van der Waals surface area contributed by atoms with E-state index in [2.05, 4.69) is 23.6 Å². The summed E-state index contributed by atoms with van der Waals surface area (Å²) in [5.74, 6) is 0.0190. The monoisotopic (exact) mass is 508 g/mol. The van der Waals surface area contributed by atoms with Crippen molar-refractivity contribution < 1.29 is 4.79 Å². The van der Waals surface area contributed by atoms with Crippen LogP contribution in [0.5, 0.6) is 0 Å². The lowest BCUT2D eigenvalue weighted by molar-refractivity contribution is 0.101. The third kappa shape index (κ3) is 13.3. The molecule has 2 rings (SSSR count). The van der Waals surface area contributed by atoms with Crippen molar-refractivity contribution in [3.8, 4) is 0 Å². The molecule has 37 heavy (non-hydrogen) atoms. The summed E-state index contributed by atoms with van der Waals surface area (Å²) in [6.07, 6.45) is 11.5. The van der Waals surface area contributed by atoms with E-state index in [4.69, 9.17) is 5.73 Å². The van der Waals surface area contributed by atoms with Gasteiger partial charge in [-0.15, -0.1) is 0 Å². The Bertz CT molecular complexity index is 1030. The zero-order valence-electron chi connectivity index (χ0n) is 25.5. The Hall–Kier alpha value is -3.60. The quantitative estimate of drug-likeness (QED) is 0.222. The molecule has 0 fully saturated rings. The summed E-state index contributed by atoms with van der Waals surface area (Å²) in [4.78, 5) is 11.6. The first-order chi connectivity index (χ1) is 17.7. The molecule has 2 aromatic rings. The van der Waals surface area contributed by atoms with Crippen molar-refractivity contribution in [2.24, 2.45) is 10.8 Å². The van der Waals surface area contributed by atoms with Gasteiger partial charge in [0.1, 0.15) is 0 Å². The number of nitrogens with one attached hydrogen (secondary N) is 1. The Balaban J connectivity index is -0.000000821. The van der Waals surface area contributed by atoms with Gasteiger partial charge in [-0.2, -0.15) is 5.10 Å². The summed E-state index contributed by atoms with van der Waals surface area (Å²) < 4.78 is 1.72. The molecule has 0 unspecified atom stereocenters. The second kappa shape index (κ2) is 22.8. The maximum atomic E-state index is 11.6. The molecule has 0 aliphatic heterocycles. The van der Waals surface area contributed by atoms with Gasteiger partial charge in [0.25, 0.3) is 0 Å². The van der Waals surface area contributed by atoms with Gasteiger partial charge in [0, 0.05) is 34.9 Å². The van der Waals surface area contributed by atoms with Crippen molar-refractivity contribution in [1.29, 1.82) is 0 Å². The number of Topliss-reactive ketones (excluding diaryl/α,β-unsaturated/α-hetero) is 1. The highest BCUT2D eigenvalue weighted by molar-refractivity contribution is 5.95. The third-order valence-electron chi connectivity index (χ3n) is 4.54. The maximum absolute atomic E-state index is 11.6. The van der Waals surface area contributed by atoms with E-state index in [1.165, 1.54) is 0 Å². The summed E-state index contributed by atoms with van der Waals surface area (Å²) in [5, 5.41) is 7.64. The third-order valence-corrected chi connectivity index (χ3v) is 4.54. The van der Waals surface area contributed by atoms with Crippen molar-refractivity contribution in [3.05, 3.63) is 89.8 Å². The summed E-state index contributed by atoms with van der Waals surface area (Å²) >= 11 is 0. The van der Waals surface area contributed by atoms with Gasteiger partial charge >= 0.3 is 0 Å². The van der Waals surface area contributed by atoms with Crippen molar-refractivity contribution in [2.75, 3.05) is 5.32 Å². The Morgan fingerprint density at radius 1 is 0.973 bits per heavy atom. The molecule has 0 aliphatic rings. The zero-order valence-corrected chi connectivity index (χ0v) is 25.5. The lowest BCUT2D eigenvalue weighted by Gasteiger charge is -2.15. The van der Waals surface area contributed by atoms with E-state index in [-0.39, 0.29) is 5.78 Å². The molecule has 0 bridgehead atoms. The molecule has 3 N–H and O–H groups in total. The number of hydrogen-bond acceptors (Lipinski definition) is 4. The van der Waals surface area contributed by atoms with Gasteiger partial charge in [0.15, 0.2) is 5.78 Å². The molecule has 1 aromatic heterocycles. The van der Waals surface area contributed by atoms with Crippen molar-refractivity contribution in [2.45, 2.75) is 83.1 Å². The molecular weight excluding hydrogens is 456 g/mol. The number of anilines is 1. The molecule has 1 heterocycles. The molecule has 5 nitrogen and oxygen atoms in total. The number of aryl methyl sites for hydroxylation is 1. The molecule has 0 atom stereocenters. The van der Waals surface area contributed by atoms with Crippen molar-refractivity contribution in [1.82, 2.24) is 4.68 Å². The van der Waals surface area contributed by atoms with Gasteiger partial charge in [-0.05, 0) is 58.7 Å². The molecule has 0 aliphatic carbocycles. The Labute approximate surface area is 227 Å². The number of benzene rings is 1. The SMILES string of the molecule is C/C=C\C=C/C.C=C(N)c1cn(/N=C\C)c(C(=C)Nc2cc(C(C)=O)ccc2C)c1C.CC.CC.CC. The predicted molar refractivity (Wildman–Crippen MR) is 169 cm³/mol. The van der Waals surface area contributed by atoms with Crippen LogP contribution in [0.25, 0.3) is 11.4 Å². The van der Waals surface area contributed by atoms with Gasteiger partial charge in [-0.3, -0.25) is 4.79 Å². The number of carbonyl (C=O) groups is 1. The first-order valence-corrected chi connectivity index (χ1v) is 13.1. The van der Waals surface area contributed by atoms with E-state index in [1.54, 1.807) is 17.8 Å². The standard InChI is InChI=1S/C20H24N4O.C6H10.3C2H6/c1-7-22-24-11-18(14(4)21)13(3)20(24)15(5)23-19-10-17(16(6)25)9-8-12(19)2;1-3-5-6-4-2;3*1-2/h7-11,23H,4-5,21H2,1-3,6H3;3-6H,1-2H3;3*1-2H3/b22-7-;5-3-,6-4-;;;. The summed E-state index contributed by atoms with van der Waals surface area (Å²) in [5.41, 5.74) is 12.1. The fourth-order valence-electron chi connectivity index (χ4n) is 2.91.